The second-order valence-corrected chi connectivity index (χ2v) is 6.93. The highest BCUT2D eigenvalue weighted by Crippen LogP contribution is 2.36. The summed E-state index contributed by atoms with van der Waals surface area (Å²) in [5.41, 5.74) is 8.37. The molecule has 0 heteroatoms. The maximum absolute atomic E-state index is 5.49. The Kier molecular flexibility index (Phi) is 5.70. The van der Waals surface area contributed by atoms with Crippen LogP contribution in [0.4, 0.5) is 0 Å². The molecular weight excluding hydrogens is 348 g/mol. The molecular formula is C29H22. The molecule has 0 aliphatic rings. The van der Waals surface area contributed by atoms with Gasteiger partial charge in [-0.1, -0.05) is 115 Å². The van der Waals surface area contributed by atoms with E-state index in [-0.39, 0.29) is 0 Å². The molecule has 0 fully saturated rings. The van der Waals surface area contributed by atoms with Crippen molar-refractivity contribution in [3.8, 4) is 12.3 Å². The molecule has 29 heavy (non-hydrogen) atoms. The summed E-state index contributed by atoms with van der Waals surface area (Å²) in [6.45, 7) is 0. The van der Waals surface area contributed by atoms with Crippen molar-refractivity contribution in [1.29, 1.82) is 0 Å². The third-order valence-corrected chi connectivity index (χ3v) is 4.99. The highest BCUT2D eigenvalue weighted by atomic mass is 14.2. The Balaban J connectivity index is 2.02. The van der Waals surface area contributed by atoms with Crippen molar-refractivity contribution in [2.45, 2.75) is 6.42 Å². The minimum absolute atomic E-state index is 0.648. The van der Waals surface area contributed by atoms with Gasteiger partial charge in [0.15, 0.2) is 0 Å². The number of benzene rings is 4. The predicted octanol–water partition coefficient (Wildman–Crippen LogP) is 6.87. The summed E-state index contributed by atoms with van der Waals surface area (Å²) in [4.78, 5) is 0. The fourth-order valence-electron chi connectivity index (χ4n) is 3.63. The highest BCUT2D eigenvalue weighted by Gasteiger charge is 2.15. The van der Waals surface area contributed by atoms with Crippen LogP contribution in [-0.2, 0) is 6.42 Å². The van der Waals surface area contributed by atoms with E-state index in [9.17, 15) is 0 Å². The van der Waals surface area contributed by atoms with Crippen molar-refractivity contribution >= 4 is 11.1 Å². The van der Waals surface area contributed by atoms with Gasteiger partial charge in [0.25, 0.3) is 0 Å². The van der Waals surface area contributed by atoms with Crippen molar-refractivity contribution in [2.75, 3.05) is 0 Å². The Morgan fingerprint density at radius 2 is 0.828 bits per heavy atom. The summed E-state index contributed by atoms with van der Waals surface area (Å²) in [6, 6.07) is 40.4. The van der Waals surface area contributed by atoms with Crippen molar-refractivity contribution in [2.24, 2.45) is 0 Å². The summed E-state index contributed by atoms with van der Waals surface area (Å²) < 4.78 is 0. The summed E-state index contributed by atoms with van der Waals surface area (Å²) in [6.07, 6.45) is 6.14. The van der Waals surface area contributed by atoms with E-state index in [1.807, 2.05) is 0 Å². The zero-order chi connectivity index (χ0) is 19.9. The van der Waals surface area contributed by atoms with Gasteiger partial charge in [0, 0.05) is 6.42 Å². The van der Waals surface area contributed by atoms with Crippen LogP contribution in [0.1, 0.15) is 27.8 Å². The Hall–Kier alpha value is -3.82. The molecule has 0 atom stereocenters. The smallest absolute Gasteiger partial charge is 0.0337 e. The van der Waals surface area contributed by atoms with Gasteiger partial charge in [0.2, 0.25) is 0 Å². The third kappa shape index (κ3) is 4.21. The summed E-state index contributed by atoms with van der Waals surface area (Å²) in [5.74, 6) is 2.73. The zero-order valence-electron chi connectivity index (χ0n) is 16.3. The first-order valence-corrected chi connectivity index (χ1v) is 9.80. The van der Waals surface area contributed by atoms with Gasteiger partial charge in [-0.05, 0) is 39.0 Å². The zero-order valence-corrected chi connectivity index (χ0v) is 16.3. The van der Waals surface area contributed by atoms with E-state index in [1.54, 1.807) is 0 Å². The molecule has 0 aliphatic heterocycles. The van der Waals surface area contributed by atoms with E-state index < -0.39 is 0 Å². The Bertz CT molecular complexity index is 1090. The molecule has 0 aromatic heterocycles. The van der Waals surface area contributed by atoms with E-state index in [0.29, 0.717) is 6.42 Å². The standard InChI is InChI=1S/C29H22/c1-2-12-23-19-21-27(22-20-23)29(26-17-10-5-11-18-26)28(24-13-6-3-7-14-24)25-15-8-4-9-16-25/h1,3-11,13-22H,12H2. The fourth-order valence-corrected chi connectivity index (χ4v) is 3.63. The van der Waals surface area contributed by atoms with Crippen molar-refractivity contribution in [1.82, 2.24) is 0 Å². The number of hydrogen-bond acceptors (Lipinski definition) is 0. The topological polar surface area (TPSA) is 0 Å². The largest absolute Gasteiger partial charge is 0.120 e. The van der Waals surface area contributed by atoms with Crippen LogP contribution in [0.3, 0.4) is 0 Å². The van der Waals surface area contributed by atoms with Gasteiger partial charge in [-0.25, -0.2) is 0 Å². The van der Waals surface area contributed by atoms with E-state index in [1.165, 1.54) is 33.4 Å². The molecule has 0 bridgehead atoms. The van der Waals surface area contributed by atoms with Gasteiger partial charge < -0.3 is 0 Å². The molecule has 0 aliphatic carbocycles. The molecule has 0 heterocycles. The Labute approximate surface area is 173 Å². The van der Waals surface area contributed by atoms with Crippen LogP contribution in [-0.4, -0.2) is 0 Å². The van der Waals surface area contributed by atoms with Crippen LogP contribution in [0, 0.1) is 12.3 Å². The molecule has 0 unspecified atom stereocenters. The van der Waals surface area contributed by atoms with Gasteiger partial charge in [-0.15, -0.1) is 12.3 Å². The fraction of sp³-hybridized carbons (Fsp3) is 0.0345. The maximum atomic E-state index is 5.49. The van der Waals surface area contributed by atoms with E-state index in [0.717, 1.165) is 5.56 Å². The molecule has 4 rings (SSSR count). The molecule has 0 spiro atoms. The summed E-state index contributed by atoms with van der Waals surface area (Å²) >= 11 is 0. The van der Waals surface area contributed by atoms with Gasteiger partial charge in [-0.3, -0.25) is 0 Å². The monoisotopic (exact) mass is 370 g/mol. The quantitative estimate of drug-likeness (QED) is 0.266. The van der Waals surface area contributed by atoms with E-state index >= 15 is 0 Å². The summed E-state index contributed by atoms with van der Waals surface area (Å²) in [5, 5.41) is 0. The SMILES string of the molecule is C#CCc1ccc(C(=C(c2ccccc2)c2ccccc2)c2ccccc2)cc1. The first-order valence-electron chi connectivity index (χ1n) is 9.80. The molecule has 0 saturated carbocycles. The molecule has 4 aromatic carbocycles. The second-order valence-electron chi connectivity index (χ2n) is 6.93. The van der Waals surface area contributed by atoms with Crippen LogP contribution in [0.5, 0.6) is 0 Å². The predicted molar refractivity (Wildman–Crippen MR) is 123 cm³/mol. The number of hydrogen-bond donors (Lipinski definition) is 0. The molecule has 0 saturated heterocycles. The molecule has 138 valence electrons. The molecule has 0 nitrogen and oxygen atoms in total. The van der Waals surface area contributed by atoms with Crippen LogP contribution in [0.15, 0.2) is 115 Å². The second kappa shape index (κ2) is 8.91. The average molecular weight is 370 g/mol. The first-order chi connectivity index (χ1) is 14.4. The van der Waals surface area contributed by atoms with Crippen molar-refractivity contribution in [3.05, 3.63) is 143 Å². The van der Waals surface area contributed by atoms with Crippen LogP contribution >= 0.6 is 0 Å². The Morgan fingerprint density at radius 3 is 1.17 bits per heavy atom. The van der Waals surface area contributed by atoms with Crippen LogP contribution in [0.2, 0.25) is 0 Å². The lowest BCUT2D eigenvalue weighted by atomic mass is 9.85. The average Bonchev–Trinajstić information content (AvgIpc) is 2.80. The van der Waals surface area contributed by atoms with Crippen molar-refractivity contribution in [3.63, 3.8) is 0 Å². The highest BCUT2D eigenvalue weighted by molar-refractivity contribution is 6.04. The third-order valence-electron chi connectivity index (χ3n) is 4.99. The van der Waals surface area contributed by atoms with Gasteiger partial charge in [-0.2, -0.15) is 0 Å². The lowest BCUT2D eigenvalue weighted by Crippen LogP contribution is -1.97. The first kappa shape index (κ1) is 18.5. The minimum Gasteiger partial charge on any atom is -0.120 e. The Morgan fingerprint density at radius 1 is 0.483 bits per heavy atom. The number of terminal acetylenes is 1. The van der Waals surface area contributed by atoms with Gasteiger partial charge in [0.05, 0.1) is 0 Å². The van der Waals surface area contributed by atoms with Gasteiger partial charge >= 0.3 is 0 Å². The number of rotatable bonds is 5. The molecule has 0 radical (unpaired) electrons. The van der Waals surface area contributed by atoms with Crippen LogP contribution in [0.25, 0.3) is 11.1 Å². The lowest BCUT2D eigenvalue weighted by Gasteiger charge is -2.18. The van der Waals surface area contributed by atoms with Crippen LogP contribution < -0.4 is 0 Å². The van der Waals surface area contributed by atoms with Gasteiger partial charge in [0.1, 0.15) is 0 Å². The maximum Gasteiger partial charge on any atom is 0.0337 e. The van der Waals surface area contributed by atoms with Crippen molar-refractivity contribution < 1.29 is 0 Å². The normalized spacial score (nSPS) is 10.2. The minimum atomic E-state index is 0.648. The molecule has 0 N–H and O–H groups in total. The van der Waals surface area contributed by atoms with E-state index in [4.69, 9.17) is 6.42 Å². The molecule has 0 amide bonds. The molecule has 4 aromatic rings. The van der Waals surface area contributed by atoms with E-state index in [2.05, 4.69) is 121 Å². The lowest BCUT2D eigenvalue weighted by molar-refractivity contribution is 1.31. The summed E-state index contributed by atoms with van der Waals surface area (Å²) in [7, 11) is 0.